The number of benzene rings is 1. The van der Waals surface area contributed by atoms with Crippen molar-refractivity contribution in [2.24, 2.45) is 0 Å². The van der Waals surface area contributed by atoms with Crippen LogP contribution in [0.5, 0.6) is 5.75 Å². The Morgan fingerprint density at radius 3 is 2.69 bits per heavy atom. The quantitative estimate of drug-likeness (QED) is 0.814. The molecule has 2 nitrogen and oxygen atoms in total. The number of aliphatic hydroxyl groups is 1. The lowest BCUT2D eigenvalue weighted by molar-refractivity contribution is 0.122. The maximum atomic E-state index is 8.96. The Bertz CT molecular complexity index is 248. The van der Waals surface area contributed by atoms with Crippen LogP contribution in [0.3, 0.4) is 0 Å². The van der Waals surface area contributed by atoms with E-state index in [1.54, 1.807) is 6.92 Å². The fourth-order valence-electron chi connectivity index (χ4n) is 0.922. The van der Waals surface area contributed by atoms with Crippen LogP contribution in [0.25, 0.3) is 0 Å². The van der Waals surface area contributed by atoms with E-state index in [0.29, 0.717) is 6.61 Å². The summed E-state index contributed by atoms with van der Waals surface area (Å²) in [6.07, 6.45) is -0.412. The van der Waals surface area contributed by atoms with E-state index >= 15 is 0 Å². The Kier molecular flexibility index (Phi) is 5.51. The molecule has 0 aliphatic rings. The second-order valence-corrected chi connectivity index (χ2v) is 2.98. The molecule has 0 heterocycles. The summed E-state index contributed by atoms with van der Waals surface area (Å²) in [7, 11) is 0. The van der Waals surface area contributed by atoms with Gasteiger partial charge in [0.2, 0.25) is 0 Å². The first-order valence-electron chi connectivity index (χ1n) is 4.06. The van der Waals surface area contributed by atoms with Crippen molar-refractivity contribution in [1.29, 1.82) is 0 Å². The van der Waals surface area contributed by atoms with Crippen molar-refractivity contribution in [3.63, 3.8) is 0 Å². The molecule has 0 saturated carbocycles. The summed E-state index contributed by atoms with van der Waals surface area (Å²) in [5.74, 6) is 0.816. The van der Waals surface area contributed by atoms with Gasteiger partial charge < -0.3 is 9.84 Å². The van der Waals surface area contributed by atoms with Gasteiger partial charge in [-0.1, -0.05) is 12.1 Å². The smallest absolute Gasteiger partial charge is 0.119 e. The number of hydrogen-bond donors (Lipinski definition) is 1. The summed E-state index contributed by atoms with van der Waals surface area (Å²) in [4.78, 5) is 0. The maximum absolute atomic E-state index is 8.96. The fourth-order valence-corrected chi connectivity index (χ4v) is 0.922. The molecule has 1 atom stereocenters. The molecule has 1 N–H and O–H groups in total. The third-order valence-corrected chi connectivity index (χ3v) is 1.48. The van der Waals surface area contributed by atoms with E-state index < -0.39 is 6.10 Å². The van der Waals surface area contributed by atoms with Gasteiger partial charge in [0.05, 0.1) is 6.10 Å². The summed E-state index contributed by atoms with van der Waals surface area (Å²) >= 11 is 0. The molecule has 1 aromatic rings. The fraction of sp³-hybridized carbons (Fsp3) is 0.400. The van der Waals surface area contributed by atoms with Crippen LogP contribution in [-0.2, 0) is 0 Å². The first-order chi connectivity index (χ1) is 5.68. The highest BCUT2D eigenvalue weighted by molar-refractivity contribution is 5.85. The molecule has 1 unspecified atom stereocenters. The molecular formula is C10H15ClO2. The average Bonchev–Trinajstić information content (AvgIpc) is 2.01. The van der Waals surface area contributed by atoms with E-state index in [1.165, 1.54) is 0 Å². The van der Waals surface area contributed by atoms with Gasteiger partial charge >= 0.3 is 0 Å². The molecule has 0 radical (unpaired) electrons. The minimum absolute atomic E-state index is 0. The van der Waals surface area contributed by atoms with Crippen LogP contribution in [0, 0.1) is 6.92 Å². The molecule has 0 amide bonds. The van der Waals surface area contributed by atoms with E-state index in [1.807, 2.05) is 31.2 Å². The third kappa shape index (κ3) is 4.76. The van der Waals surface area contributed by atoms with Gasteiger partial charge in [-0.05, 0) is 31.5 Å². The van der Waals surface area contributed by atoms with E-state index in [-0.39, 0.29) is 12.4 Å². The molecule has 0 aliphatic heterocycles. The van der Waals surface area contributed by atoms with Gasteiger partial charge in [0, 0.05) is 0 Å². The van der Waals surface area contributed by atoms with Crippen molar-refractivity contribution >= 4 is 12.4 Å². The lowest BCUT2D eigenvalue weighted by atomic mass is 10.2. The zero-order valence-corrected chi connectivity index (χ0v) is 8.67. The lowest BCUT2D eigenvalue weighted by Crippen LogP contribution is -2.12. The largest absolute Gasteiger partial charge is 0.491 e. The molecular weight excluding hydrogens is 188 g/mol. The third-order valence-electron chi connectivity index (χ3n) is 1.48. The van der Waals surface area contributed by atoms with Crippen LogP contribution in [0.15, 0.2) is 24.3 Å². The standard InChI is InChI=1S/C10H14O2.ClH/c1-8-4-3-5-10(6-8)12-7-9(2)11;/h3-6,9,11H,7H2,1-2H3;1H. The van der Waals surface area contributed by atoms with Gasteiger partial charge in [-0.2, -0.15) is 0 Å². The molecule has 3 heteroatoms. The number of rotatable bonds is 3. The molecule has 0 aromatic heterocycles. The molecule has 13 heavy (non-hydrogen) atoms. The molecule has 1 aromatic carbocycles. The molecule has 0 saturated heterocycles. The number of ether oxygens (including phenoxy) is 1. The second-order valence-electron chi connectivity index (χ2n) is 2.98. The van der Waals surface area contributed by atoms with Crippen molar-refractivity contribution in [2.45, 2.75) is 20.0 Å². The molecule has 74 valence electrons. The van der Waals surface area contributed by atoms with Crippen molar-refractivity contribution in [3.8, 4) is 5.75 Å². The SMILES string of the molecule is Cc1cccc(OCC(C)O)c1.Cl. The number of aryl methyl sites for hydroxylation is 1. The molecule has 0 spiro atoms. The van der Waals surface area contributed by atoms with Gasteiger partial charge in [0.25, 0.3) is 0 Å². The summed E-state index contributed by atoms with van der Waals surface area (Å²) in [5, 5.41) is 8.96. The maximum Gasteiger partial charge on any atom is 0.119 e. The molecule has 0 aliphatic carbocycles. The van der Waals surface area contributed by atoms with Crippen molar-refractivity contribution < 1.29 is 9.84 Å². The van der Waals surface area contributed by atoms with E-state index in [2.05, 4.69) is 0 Å². The lowest BCUT2D eigenvalue weighted by Gasteiger charge is -2.07. The first kappa shape index (κ1) is 12.3. The van der Waals surface area contributed by atoms with E-state index in [9.17, 15) is 0 Å². The second kappa shape index (κ2) is 5.84. The van der Waals surface area contributed by atoms with Crippen LogP contribution in [0.4, 0.5) is 0 Å². The monoisotopic (exact) mass is 202 g/mol. The van der Waals surface area contributed by atoms with Crippen LogP contribution in [0.2, 0.25) is 0 Å². The minimum atomic E-state index is -0.412. The Hall–Kier alpha value is -0.730. The van der Waals surface area contributed by atoms with Crippen LogP contribution in [-0.4, -0.2) is 17.8 Å². The molecule has 0 bridgehead atoms. The highest BCUT2D eigenvalue weighted by Crippen LogP contribution is 2.12. The average molecular weight is 203 g/mol. The van der Waals surface area contributed by atoms with Gasteiger partial charge in [0.15, 0.2) is 0 Å². The minimum Gasteiger partial charge on any atom is -0.491 e. The van der Waals surface area contributed by atoms with Crippen LogP contribution in [0.1, 0.15) is 12.5 Å². The van der Waals surface area contributed by atoms with Crippen molar-refractivity contribution in [2.75, 3.05) is 6.61 Å². The number of aliphatic hydroxyl groups excluding tert-OH is 1. The first-order valence-corrected chi connectivity index (χ1v) is 4.06. The van der Waals surface area contributed by atoms with Gasteiger partial charge in [-0.25, -0.2) is 0 Å². The zero-order valence-electron chi connectivity index (χ0n) is 7.86. The summed E-state index contributed by atoms with van der Waals surface area (Å²) in [6.45, 7) is 4.06. The molecule has 1 rings (SSSR count). The number of hydrogen-bond acceptors (Lipinski definition) is 2. The summed E-state index contributed by atoms with van der Waals surface area (Å²) in [5.41, 5.74) is 1.16. The predicted molar refractivity (Wildman–Crippen MR) is 55.6 cm³/mol. The molecule has 0 fully saturated rings. The van der Waals surface area contributed by atoms with Crippen LogP contribution >= 0.6 is 12.4 Å². The van der Waals surface area contributed by atoms with Gasteiger partial charge in [-0.15, -0.1) is 12.4 Å². The normalized spacial score (nSPS) is 11.6. The summed E-state index contributed by atoms with van der Waals surface area (Å²) < 4.78 is 5.30. The highest BCUT2D eigenvalue weighted by atomic mass is 35.5. The number of halogens is 1. The Morgan fingerprint density at radius 2 is 2.15 bits per heavy atom. The highest BCUT2D eigenvalue weighted by Gasteiger charge is 1.97. The zero-order chi connectivity index (χ0) is 8.97. The van der Waals surface area contributed by atoms with Gasteiger partial charge in [-0.3, -0.25) is 0 Å². The Balaban J connectivity index is 0.00000144. The van der Waals surface area contributed by atoms with Crippen molar-refractivity contribution in [3.05, 3.63) is 29.8 Å². The van der Waals surface area contributed by atoms with Crippen LogP contribution < -0.4 is 4.74 Å². The van der Waals surface area contributed by atoms with E-state index in [0.717, 1.165) is 11.3 Å². The Labute approximate surface area is 85.0 Å². The van der Waals surface area contributed by atoms with E-state index in [4.69, 9.17) is 9.84 Å². The Morgan fingerprint density at radius 1 is 1.46 bits per heavy atom. The van der Waals surface area contributed by atoms with Gasteiger partial charge in [0.1, 0.15) is 12.4 Å². The predicted octanol–water partition coefficient (Wildman–Crippen LogP) is 2.18. The topological polar surface area (TPSA) is 29.5 Å². The van der Waals surface area contributed by atoms with Crippen molar-refractivity contribution in [1.82, 2.24) is 0 Å². The summed E-state index contributed by atoms with van der Waals surface area (Å²) in [6, 6.07) is 7.78.